The summed E-state index contributed by atoms with van der Waals surface area (Å²) in [7, 11) is 1.49. The van der Waals surface area contributed by atoms with E-state index in [4.69, 9.17) is 0 Å². The van der Waals surface area contributed by atoms with E-state index in [1.807, 2.05) is 12.1 Å². The third-order valence-corrected chi connectivity index (χ3v) is 2.08. The van der Waals surface area contributed by atoms with E-state index < -0.39 is 0 Å². The Hall–Kier alpha value is -1.31. The first-order valence-electron chi connectivity index (χ1n) is 4.75. The minimum Gasteiger partial charge on any atom is -0.624 e. The molecule has 0 aromatic heterocycles. The van der Waals surface area contributed by atoms with Crippen LogP contribution in [-0.4, -0.2) is 18.0 Å². The van der Waals surface area contributed by atoms with Gasteiger partial charge in [-0.2, -0.15) is 0 Å². The molecule has 0 aliphatic rings. The number of hydrogen-bond donors (Lipinski definition) is 0. The fourth-order valence-corrected chi connectivity index (χ4v) is 1.30. The summed E-state index contributed by atoms with van der Waals surface area (Å²) in [5, 5.41) is 10.8. The Balaban J connectivity index is 3.08. The average Bonchev–Trinajstić information content (AvgIpc) is 2.01. The highest BCUT2D eigenvalue weighted by Gasteiger charge is 2.13. The molecule has 0 spiro atoms. The van der Waals surface area contributed by atoms with Gasteiger partial charge in [-0.25, -0.2) is 4.74 Å². The minimum absolute atomic E-state index is 0.130. The number of rotatable bonds is 1. The maximum Gasteiger partial charge on any atom is 0.181 e. The molecule has 1 aromatic carbocycles. The Morgan fingerprint density at radius 2 is 1.93 bits per heavy atom. The summed E-state index contributed by atoms with van der Waals surface area (Å²) in [5.74, 6) is 0. The van der Waals surface area contributed by atoms with Crippen molar-refractivity contribution in [1.82, 2.24) is 0 Å². The van der Waals surface area contributed by atoms with Gasteiger partial charge in [-0.3, -0.25) is 0 Å². The molecule has 0 fully saturated rings. The lowest BCUT2D eigenvalue weighted by atomic mass is 9.86. The third kappa shape index (κ3) is 2.87. The first-order valence-corrected chi connectivity index (χ1v) is 4.75. The molecule has 2 nitrogen and oxygen atoms in total. The smallest absolute Gasteiger partial charge is 0.181 e. The predicted molar refractivity (Wildman–Crippen MR) is 59.9 cm³/mol. The van der Waals surface area contributed by atoms with Gasteiger partial charge in [0.1, 0.15) is 7.05 Å². The zero-order valence-corrected chi connectivity index (χ0v) is 9.24. The van der Waals surface area contributed by atoms with Gasteiger partial charge < -0.3 is 5.21 Å². The molecule has 0 saturated carbocycles. The van der Waals surface area contributed by atoms with Crippen molar-refractivity contribution >= 4 is 6.21 Å². The zero-order chi connectivity index (χ0) is 10.8. The first kappa shape index (κ1) is 10.8. The standard InChI is InChI=1S/C12H17NO/c1-12(2,3)11-7-5-6-10(8-11)9-13(4)14/h5-9H,1-4H3. The Bertz CT molecular complexity index is 344. The van der Waals surface area contributed by atoms with Crippen LogP contribution in [0.2, 0.25) is 0 Å². The molecular formula is C12H17NO. The number of benzene rings is 1. The molecule has 76 valence electrons. The largest absolute Gasteiger partial charge is 0.624 e. The lowest BCUT2D eigenvalue weighted by Gasteiger charge is -2.18. The molecule has 0 aliphatic heterocycles. The van der Waals surface area contributed by atoms with Crippen LogP contribution in [0.5, 0.6) is 0 Å². The lowest BCUT2D eigenvalue weighted by molar-refractivity contribution is -0.416. The molecule has 0 atom stereocenters. The molecule has 1 aromatic rings. The van der Waals surface area contributed by atoms with E-state index in [9.17, 15) is 5.21 Å². The average molecular weight is 191 g/mol. The Kier molecular flexibility index (Phi) is 2.94. The highest BCUT2D eigenvalue weighted by Crippen LogP contribution is 2.22. The maximum atomic E-state index is 10.8. The van der Waals surface area contributed by atoms with Crippen molar-refractivity contribution in [3.05, 3.63) is 40.6 Å². The third-order valence-electron chi connectivity index (χ3n) is 2.08. The van der Waals surface area contributed by atoms with Crippen LogP contribution in [-0.2, 0) is 5.41 Å². The second-order valence-electron chi connectivity index (χ2n) is 4.55. The summed E-state index contributed by atoms with van der Waals surface area (Å²) in [6.07, 6.45) is 1.58. The van der Waals surface area contributed by atoms with Crippen LogP contribution < -0.4 is 0 Å². The van der Waals surface area contributed by atoms with Gasteiger partial charge in [-0.1, -0.05) is 32.9 Å². The molecule has 0 amide bonds. The zero-order valence-electron chi connectivity index (χ0n) is 9.24. The normalized spacial score (nSPS) is 13.0. The summed E-state index contributed by atoms with van der Waals surface area (Å²) < 4.78 is 0.821. The van der Waals surface area contributed by atoms with Gasteiger partial charge in [0.05, 0.1) is 0 Å². The summed E-state index contributed by atoms with van der Waals surface area (Å²) in [5.41, 5.74) is 2.33. The number of nitrogens with zero attached hydrogens (tertiary/aromatic N) is 1. The van der Waals surface area contributed by atoms with Crippen molar-refractivity contribution in [2.24, 2.45) is 0 Å². The molecule has 2 heteroatoms. The minimum atomic E-state index is 0.130. The monoisotopic (exact) mass is 191 g/mol. The Morgan fingerprint density at radius 1 is 1.29 bits per heavy atom. The molecule has 14 heavy (non-hydrogen) atoms. The SMILES string of the molecule is C[N+]([O-])=Cc1cccc(C(C)(C)C)c1. The van der Waals surface area contributed by atoms with Crippen molar-refractivity contribution in [3.8, 4) is 0 Å². The summed E-state index contributed by atoms with van der Waals surface area (Å²) in [4.78, 5) is 0. The molecule has 0 aliphatic carbocycles. The molecule has 0 heterocycles. The van der Waals surface area contributed by atoms with Gasteiger partial charge in [0.15, 0.2) is 6.21 Å². The quantitative estimate of drug-likeness (QED) is 0.290. The molecule has 1 rings (SSSR count). The van der Waals surface area contributed by atoms with Crippen molar-refractivity contribution in [2.45, 2.75) is 26.2 Å². The number of hydroxylamine groups is 1. The molecule has 0 unspecified atom stereocenters. The van der Waals surface area contributed by atoms with Gasteiger partial charge in [-0.15, -0.1) is 0 Å². The van der Waals surface area contributed by atoms with Crippen LogP contribution in [0.3, 0.4) is 0 Å². The van der Waals surface area contributed by atoms with Gasteiger partial charge in [0.2, 0.25) is 0 Å². The fraction of sp³-hybridized carbons (Fsp3) is 0.417. The van der Waals surface area contributed by atoms with Crippen molar-refractivity contribution < 1.29 is 4.74 Å². The molecule has 0 bridgehead atoms. The van der Waals surface area contributed by atoms with Crippen LogP contribution in [0.4, 0.5) is 0 Å². The van der Waals surface area contributed by atoms with Gasteiger partial charge in [-0.05, 0) is 23.1 Å². The van der Waals surface area contributed by atoms with E-state index in [1.54, 1.807) is 6.21 Å². The van der Waals surface area contributed by atoms with Crippen LogP contribution in [0.1, 0.15) is 31.9 Å². The maximum absolute atomic E-state index is 10.8. The van der Waals surface area contributed by atoms with Crippen molar-refractivity contribution in [2.75, 3.05) is 7.05 Å². The van der Waals surface area contributed by atoms with E-state index in [1.165, 1.54) is 12.6 Å². The number of hydrogen-bond acceptors (Lipinski definition) is 1. The van der Waals surface area contributed by atoms with Crippen LogP contribution >= 0.6 is 0 Å². The van der Waals surface area contributed by atoms with E-state index in [0.29, 0.717) is 0 Å². The van der Waals surface area contributed by atoms with E-state index in [0.717, 1.165) is 10.3 Å². The highest BCUT2D eigenvalue weighted by atomic mass is 16.5. The van der Waals surface area contributed by atoms with Gasteiger partial charge in [0, 0.05) is 5.56 Å². The topological polar surface area (TPSA) is 26.1 Å². The molecule has 0 saturated heterocycles. The molecular weight excluding hydrogens is 174 g/mol. The lowest BCUT2D eigenvalue weighted by Crippen LogP contribution is -2.11. The van der Waals surface area contributed by atoms with Crippen LogP contribution in [0.15, 0.2) is 24.3 Å². The van der Waals surface area contributed by atoms with Crippen molar-refractivity contribution in [3.63, 3.8) is 0 Å². The predicted octanol–water partition coefficient (Wildman–Crippen LogP) is 2.54. The molecule has 0 radical (unpaired) electrons. The van der Waals surface area contributed by atoms with E-state index >= 15 is 0 Å². The van der Waals surface area contributed by atoms with Crippen LogP contribution in [0, 0.1) is 5.21 Å². The van der Waals surface area contributed by atoms with Gasteiger partial charge >= 0.3 is 0 Å². The summed E-state index contributed by atoms with van der Waals surface area (Å²) in [6, 6.07) is 8.05. The summed E-state index contributed by atoms with van der Waals surface area (Å²) in [6.45, 7) is 6.48. The Morgan fingerprint density at radius 3 is 2.43 bits per heavy atom. The highest BCUT2D eigenvalue weighted by molar-refractivity contribution is 5.76. The van der Waals surface area contributed by atoms with Gasteiger partial charge in [0.25, 0.3) is 0 Å². The molecule has 0 N–H and O–H groups in total. The van der Waals surface area contributed by atoms with Crippen LogP contribution in [0.25, 0.3) is 0 Å². The summed E-state index contributed by atoms with van der Waals surface area (Å²) >= 11 is 0. The second kappa shape index (κ2) is 3.82. The first-order chi connectivity index (χ1) is 6.39. The van der Waals surface area contributed by atoms with E-state index in [2.05, 4.69) is 32.9 Å². The Labute approximate surface area is 85.5 Å². The fourth-order valence-electron chi connectivity index (χ4n) is 1.30. The second-order valence-corrected chi connectivity index (χ2v) is 4.55. The van der Waals surface area contributed by atoms with E-state index in [-0.39, 0.29) is 5.41 Å². The van der Waals surface area contributed by atoms with Crippen molar-refractivity contribution in [1.29, 1.82) is 0 Å².